The Morgan fingerprint density at radius 2 is 2.16 bits per heavy atom. The van der Waals surface area contributed by atoms with E-state index in [9.17, 15) is 9.90 Å². The Kier molecular flexibility index (Phi) is 4.33. The Hall–Kier alpha value is -1.79. The van der Waals surface area contributed by atoms with Crippen molar-refractivity contribution in [1.82, 2.24) is 4.90 Å². The van der Waals surface area contributed by atoms with E-state index in [1.165, 1.54) is 0 Å². The van der Waals surface area contributed by atoms with Crippen LogP contribution in [0.2, 0.25) is 0 Å². The van der Waals surface area contributed by atoms with Gasteiger partial charge in [-0.15, -0.1) is 0 Å². The standard InChI is InChI=1S/C19H25NO5/c1-23-11-19(6-2-7-19)18(22)20-8-5-14(15(21)10-20)13-3-4-16-17(9-13)25-12-24-16/h3-4,9,14-15,21H,2,5-8,10-12H2,1H3/t14-,15+/m0/s1. The topological polar surface area (TPSA) is 68.2 Å². The molecular formula is C19H25NO5. The van der Waals surface area contributed by atoms with Gasteiger partial charge in [0.25, 0.3) is 0 Å². The first-order valence-electron chi connectivity index (χ1n) is 8.99. The van der Waals surface area contributed by atoms with Crippen LogP contribution in [0.1, 0.15) is 37.2 Å². The van der Waals surface area contributed by atoms with E-state index in [-0.39, 0.29) is 24.0 Å². The second-order valence-corrected chi connectivity index (χ2v) is 7.39. The smallest absolute Gasteiger partial charge is 0.231 e. The van der Waals surface area contributed by atoms with Gasteiger partial charge < -0.3 is 24.2 Å². The number of nitrogens with zero attached hydrogens (tertiary/aromatic N) is 1. The minimum absolute atomic E-state index is 0.0123. The fraction of sp³-hybridized carbons (Fsp3) is 0.632. The summed E-state index contributed by atoms with van der Waals surface area (Å²) in [7, 11) is 1.65. The van der Waals surface area contributed by atoms with E-state index >= 15 is 0 Å². The number of amides is 1. The molecule has 2 aliphatic heterocycles. The van der Waals surface area contributed by atoms with Crippen molar-refractivity contribution in [2.75, 3.05) is 33.6 Å². The average Bonchev–Trinajstić information content (AvgIpc) is 3.05. The lowest BCUT2D eigenvalue weighted by atomic mass is 9.68. The van der Waals surface area contributed by atoms with Gasteiger partial charge in [0.2, 0.25) is 12.7 Å². The number of carbonyl (C=O) groups excluding carboxylic acids is 1. The van der Waals surface area contributed by atoms with Gasteiger partial charge in [-0.2, -0.15) is 0 Å². The predicted octanol–water partition coefficient (Wildman–Crippen LogP) is 1.91. The molecule has 25 heavy (non-hydrogen) atoms. The highest BCUT2D eigenvalue weighted by atomic mass is 16.7. The van der Waals surface area contributed by atoms with E-state index in [1.807, 2.05) is 23.1 Å². The highest BCUT2D eigenvalue weighted by molar-refractivity contribution is 5.84. The lowest BCUT2D eigenvalue weighted by Crippen LogP contribution is -2.55. The first-order chi connectivity index (χ1) is 12.1. The second-order valence-electron chi connectivity index (χ2n) is 7.39. The molecule has 3 aliphatic rings. The third-order valence-corrected chi connectivity index (χ3v) is 5.88. The first kappa shape index (κ1) is 16.7. The molecule has 0 radical (unpaired) electrons. The number of rotatable bonds is 4. The molecule has 136 valence electrons. The molecule has 6 nitrogen and oxygen atoms in total. The number of carbonyl (C=O) groups is 1. The van der Waals surface area contributed by atoms with Crippen molar-refractivity contribution in [2.24, 2.45) is 5.41 Å². The van der Waals surface area contributed by atoms with Crippen molar-refractivity contribution in [1.29, 1.82) is 0 Å². The van der Waals surface area contributed by atoms with E-state index < -0.39 is 6.10 Å². The lowest BCUT2D eigenvalue weighted by Gasteiger charge is -2.45. The Morgan fingerprint density at radius 3 is 2.84 bits per heavy atom. The minimum atomic E-state index is -0.572. The molecule has 2 atom stereocenters. The van der Waals surface area contributed by atoms with Gasteiger partial charge in [0.1, 0.15) is 0 Å². The van der Waals surface area contributed by atoms with Crippen molar-refractivity contribution in [2.45, 2.75) is 37.7 Å². The summed E-state index contributed by atoms with van der Waals surface area (Å²) in [6, 6.07) is 5.83. The average molecular weight is 347 g/mol. The van der Waals surface area contributed by atoms with Gasteiger partial charge in [0.05, 0.1) is 18.1 Å². The molecule has 1 aromatic carbocycles. The summed E-state index contributed by atoms with van der Waals surface area (Å²) in [6.07, 6.45) is 3.02. The first-order valence-corrected chi connectivity index (χ1v) is 8.99. The number of fused-ring (bicyclic) bond motifs is 1. The number of piperidine rings is 1. The SMILES string of the molecule is COCC1(C(=O)N2CC[C@@H](c3ccc4c(c3)OCO4)[C@H](O)C2)CCC1. The van der Waals surface area contributed by atoms with Crippen LogP contribution < -0.4 is 9.47 Å². The van der Waals surface area contributed by atoms with Gasteiger partial charge >= 0.3 is 0 Å². The van der Waals surface area contributed by atoms with E-state index in [0.717, 1.165) is 42.7 Å². The summed E-state index contributed by atoms with van der Waals surface area (Å²) >= 11 is 0. The van der Waals surface area contributed by atoms with Gasteiger partial charge in [-0.25, -0.2) is 0 Å². The molecule has 0 unspecified atom stereocenters. The largest absolute Gasteiger partial charge is 0.454 e. The third-order valence-electron chi connectivity index (χ3n) is 5.88. The van der Waals surface area contributed by atoms with E-state index in [4.69, 9.17) is 14.2 Å². The molecule has 4 rings (SSSR count). The van der Waals surface area contributed by atoms with Gasteiger partial charge in [-0.05, 0) is 37.0 Å². The maximum absolute atomic E-state index is 12.9. The van der Waals surface area contributed by atoms with Gasteiger partial charge in [0, 0.05) is 26.1 Å². The summed E-state index contributed by atoms with van der Waals surface area (Å²) in [6.45, 7) is 1.77. The van der Waals surface area contributed by atoms with Crippen LogP contribution in [0.25, 0.3) is 0 Å². The number of methoxy groups -OCH3 is 1. The number of hydrogen-bond acceptors (Lipinski definition) is 5. The van der Waals surface area contributed by atoms with Crippen LogP contribution in [0.3, 0.4) is 0 Å². The van der Waals surface area contributed by atoms with Gasteiger partial charge in [-0.3, -0.25) is 4.79 Å². The summed E-state index contributed by atoms with van der Waals surface area (Å²) in [5.41, 5.74) is 0.680. The fourth-order valence-corrected chi connectivity index (χ4v) is 4.28. The number of aliphatic hydroxyl groups is 1. The zero-order valence-electron chi connectivity index (χ0n) is 14.6. The lowest BCUT2D eigenvalue weighted by molar-refractivity contribution is -0.155. The van der Waals surface area contributed by atoms with Crippen LogP contribution in [-0.4, -0.2) is 55.6 Å². The van der Waals surface area contributed by atoms with Crippen molar-refractivity contribution < 1.29 is 24.1 Å². The molecule has 1 N–H and O–H groups in total. The third kappa shape index (κ3) is 2.87. The van der Waals surface area contributed by atoms with E-state index in [2.05, 4.69) is 0 Å². The molecule has 2 heterocycles. The summed E-state index contributed by atoms with van der Waals surface area (Å²) in [5, 5.41) is 10.7. The van der Waals surface area contributed by atoms with Crippen LogP contribution in [0.4, 0.5) is 0 Å². The number of aliphatic hydroxyl groups excluding tert-OH is 1. The molecule has 6 heteroatoms. The molecule has 2 fully saturated rings. The minimum Gasteiger partial charge on any atom is -0.454 e. The number of hydrogen-bond donors (Lipinski definition) is 1. The van der Waals surface area contributed by atoms with E-state index in [1.54, 1.807) is 7.11 Å². The van der Waals surface area contributed by atoms with Crippen LogP contribution in [0, 0.1) is 5.41 Å². The zero-order chi connectivity index (χ0) is 17.4. The highest BCUT2D eigenvalue weighted by Crippen LogP contribution is 2.44. The number of ether oxygens (including phenoxy) is 3. The summed E-state index contributed by atoms with van der Waals surface area (Å²) < 4.78 is 16.1. The Morgan fingerprint density at radius 1 is 1.36 bits per heavy atom. The molecule has 1 aromatic rings. The normalized spacial score (nSPS) is 27.0. The Labute approximate surface area is 147 Å². The van der Waals surface area contributed by atoms with Crippen molar-refractivity contribution >= 4 is 5.91 Å². The second kappa shape index (κ2) is 6.50. The molecule has 1 aliphatic carbocycles. The highest BCUT2D eigenvalue weighted by Gasteiger charge is 2.47. The maximum Gasteiger partial charge on any atom is 0.231 e. The number of benzene rings is 1. The Bertz CT molecular complexity index is 657. The summed E-state index contributed by atoms with van der Waals surface area (Å²) in [5.74, 6) is 1.64. The fourth-order valence-electron chi connectivity index (χ4n) is 4.28. The molecule has 0 spiro atoms. The van der Waals surface area contributed by atoms with Crippen LogP contribution in [-0.2, 0) is 9.53 Å². The van der Waals surface area contributed by atoms with Gasteiger partial charge in [-0.1, -0.05) is 12.5 Å². The molecular weight excluding hydrogens is 322 g/mol. The van der Waals surface area contributed by atoms with Crippen molar-refractivity contribution in [3.05, 3.63) is 23.8 Å². The number of likely N-dealkylation sites (tertiary alicyclic amines) is 1. The molecule has 0 aromatic heterocycles. The van der Waals surface area contributed by atoms with Gasteiger partial charge in [0.15, 0.2) is 11.5 Å². The van der Waals surface area contributed by atoms with Crippen molar-refractivity contribution in [3.63, 3.8) is 0 Å². The zero-order valence-corrected chi connectivity index (χ0v) is 14.6. The predicted molar refractivity (Wildman–Crippen MR) is 90.7 cm³/mol. The monoisotopic (exact) mass is 347 g/mol. The van der Waals surface area contributed by atoms with Crippen LogP contribution >= 0.6 is 0 Å². The van der Waals surface area contributed by atoms with Crippen molar-refractivity contribution in [3.8, 4) is 11.5 Å². The molecule has 1 saturated carbocycles. The maximum atomic E-state index is 12.9. The van der Waals surface area contributed by atoms with Crippen LogP contribution in [0.15, 0.2) is 18.2 Å². The Balaban J connectivity index is 1.44. The van der Waals surface area contributed by atoms with Crippen LogP contribution in [0.5, 0.6) is 11.5 Å². The molecule has 0 bridgehead atoms. The molecule has 1 amide bonds. The van der Waals surface area contributed by atoms with E-state index in [0.29, 0.717) is 19.7 Å². The number of β-amino-alcohol motifs (C(OH)–C–C–N with tert-alkyl or cyclic N) is 1. The molecule has 1 saturated heterocycles. The summed E-state index contributed by atoms with van der Waals surface area (Å²) in [4.78, 5) is 14.8. The quantitative estimate of drug-likeness (QED) is 0.901.